The molecule has 2 amide bonds. The van der Waals surface area contributed by atoms with Crippen LogP contribution in [0.1, 0.15) is 20.7 Å². The first kappa shape index (κ1) is 19.1. The lowest BCUT2D eigenvalue weighted by Gasteiger charge is -2.11. The van der Waals surface area contributed by atoms with Crippen LogP contribution in [0.15, 0.2) is 42.5 Å². The molecule has 0 saturated heterocycles. The number of ether oxygens (including phenoxy) is 1. The number of amides is 2. The van der Waals surface area contributed by atoms with Gasteiger partial charge < -0.3 is 15.4 Å². The zero-order valence-electron chi connectivity index (χ0n) is 13.6. The SMILES string of the molecule is CNC(=O)c1cccc(NC(=S)NC(=O)c2ccc(OC)c(I)c2)c1. The van der Waals surface area contributed by atoms with E-state index in [0.717, 1.165) is 3.57 Å². The summed E-state index contributed by atoms with van der Waals surface area (Å²) in [5, 5.41) is 8.19. The highest BCUT2D eigenvalue weighted by Crippen LogP contribution is 2.21. The molecule has 0 radical (unpaired) electrons. The fourth-order valence-corrected chi connectivity index (χ4v) is 2.97. The van der Waals surface area contributed by atoms with Gasteiger partial charge >= 0.3 is 0 Å². The molecule has 25 heavy (non-hydrogen) atoms. The van der Waals surface area contributed by atoms with Crippen LogP contribution in [0.5, 0.6) is 5.75 Å². The van der Waals surface area contributed by atoms with Crippen molar-refractivity contribution >= 4 is 57.4 Å². The fourth-order valence-electron chi connectivity index (χ4n) is 2.03. The molecule has 0 aliphatic rings. The zero-order chi connectivity index (χ0) is 18.4. The molecule has 6 nitrogen and oxygen atoms in total. The van der Waals surface area contributed by atoms with Crippen molar-refractivity contribution in [1.29, 1.82) is 0 Å². The minimum absolute atomic E-state index is 0.143. The highest BCUT2D eigenvalue weighted by Gasteiger charge is 2.11. The van der Waals surface area contributed by atoms with Crippen molar-refractivity contribution in [1.82, 2.24) is 10.6 Å². The van der Waals surface area contributed by atoms with Crippen molar-refractivity contribution in [2.45, 2.75) is 0 Å². The van der Waals surface area contributed by atoms with Gasteiger partial charge in [-0.3, -0.25) is 14.9 Å². The summed E-state index contributed by atoms with van der Waals surface area (Å²) in [7, 11) is 3.13. The molecule has 8 heteroatoms. The Labute approximate surface area is 164 Å². The molecule has 130 valence electrons. The smallest absolute Gasteiger partial charge is 0.257 e. The second-order valence-corrected chi connectivity index (χ2v) is 6.49. The van der Waals surface area contributed by atoms with Crippen LogP contribution in [-0.2, 0) is 0 Å². The van der Waals surface area contributed by atoms with Gasteiger partial charge in [-0.05, 0) is 71.2 Å². The van der Waals surface area contributed by atoms with Crippen molar-refractivity contribution in [3.8, 4) is 5.75 Å². The molecule has 0 atom stereocenters. The predicted molar refractivity (Wildman–Crippen MR) is 109 cm³/mol. The topological polar surface area (TPSA) is 79.5 Å². The Morgan fingerprint density at radius 1 is 1.08 bits per heavy atom. The summed E-state index contributed by atoms with van der Waals surface area (Å²) in [6.45, 7) is 0. The molecule has 0 aliphatic heterocycles. The normalized spacial score (nSPS) is 9.88. The Morgan fingerprint density at radius 2 is 1.80 bits per heavy atom. The number of thiocarbonyl (C=S) groups is 1. The number of anilines is 1. The average Bonchev–Trinajstić information content (AvgIpc) is 2.60. The molecule has 2 aromatic rings. The van der Waals surface area contributed by atoms with E-state index in [9.17, 15) is 9.59 Å². The molecule has 3 N–H and O–H groups in total. The van der Waals surface area contributed by atoms with Gasteiger partial charge in [-0.15, -0.1) is 0 Å². The third-order valence-corrected chi connectivity index (χ3v) is 4.30. The second-order valence-electron chi connectivity index (χ2n) is 4.92. The first-order valence-electron chi connectivity index (χ1n) is 7.22. The largest absolute Gasteiger partial charge is 0.496 e. The first-order valence-corrected chi connectivity index (χ1v) is 8.71. The van der Waals surface area contributed by atoms with Crippen LogP contribution in [0.25, 0.3) is 0 Å². The van der Waals surface area contributed by atoms with Crippen molar-refractivity contribution in [2.75, 3.05) is 19.5 Å². The minimum atomic E-state index is -0.333. The molecule has 0 spiro atoms. The molecule has 0 saturated carbocycles. The number of hydrogen-bond donors (Lipinski definition) is 3. The monoisotopic (exact) mass is 469 g/mol. The van der Waals surface area contributed by atoms with E-state index in [1.165, 1.54) is 0 Å². The summed E-state index contributed by atoms with van der Waals surface area (Å²) in [4.78, 5) is 23.9. The number of benzene rings is 2. The van der Waals surface area contributed by atoms with Gasteiger partial charge in [-0.1, -0.05) is 6.07 Å². The third-order valence-electron chi connectivity index (χ3n) is 3.25. The highest BCUT2D eigenvalue weighted by molar-refractivity contribution is 14.1. The summed E-state index contributed by atoms with van der Waals surface area (Å²) in [6.07, 6.45) is 0. The number of rotatable bonds is 4. The van der Waals surface area contributed by atoms with Crippen LogP contribution in [0, 0.1) is 3.57 Å². The average molecular weight is 469 g/mol. The van der Waals surface area contributed by atoms with Crippen molar-refractivity contribution in [2.24, 2.45) is 0 Å². The van der Waals surface area contributed by atoms with Crippen molar-refractivity contribution < 1.29 is 14.3 Å². The summed E-state index contributed by atoms with van der Waals surface area (Å²) in [5.41, 5.74) is 1.57. The number of methoxy groups -OCH3 is 1. The van der Waals surface area contributed by atoms with Gasteiger partial charge in [0.15, 0.2) is 5.11 Å². The Bertz CT molecular complexity index is 827. The molecular weight excluding hydrogens is 453 g/mol. The lowest BCUT2D eigenvalue weighted by atomic mass is 10.2. The third kappa shape index (κ3) is 5.13. The maximum atomic E-state index is 12.3. The quantitative estimate of drug-likeness (QED) is 0.474. The summed E-state index contributed by atoms with van der Waals surface area (Å²) in [5.74, 6) is 0.163. The van der Waals surface area contributed by atoms with Gasteiger partial charge in [0.25, 0.3) is 11.8 Å². The van der Waals surface area contributed by atoms with E-state index in [1.807, 2.05) is 0 Å². The molecule has 0 fully saturated rings. The molecule has 0 aromatic heterocycles. The van der Waals surface area contributed by atoms with E-state index in [2.05, 4.69) is 38.5 Å². The molecule has 2 rings (SSSR count). The van der Waals surface area contributed by atoms with Crippen LogP contribution in [0.4, 0.5) is 5.69 Å². The van der Waals surface area contributed by atoms with Gasteiger partial charge in [0.1, 0.15) is 5.75 Å². The first-order chi connectivity index (χ1) is 11.9. The lowest BCUT2D eigenvalue weighted by molar-refractivity contribution is 0.0959. The number of carbonyl (C=O) groups excluding carboxylic acids is 2. The maximum Gasteiger partial charge on any atom is 0.257 e. The maximum absolute atomic E-state index is 12.3. The Balaban J connectivity index is 2.03. The van der Waals surface area contributed by atoms with Crippen molar-refractivity contribution in [3.63, 3.8) is 0 Å². The van der Waals surface area contributed by atoms with Gasteiger partial charge in [0.2, 0.25) is 0 Å². The molecule has 0 bridgehead atoms. The van der Waals surface area contributed by atoms with Crippen LogP contribution in [0.2, 0.25) is 0 Å². The van der Waals surface area contributed by atoms with E-state index >= 15 is 0 Å². The Morgan fingerprint density at radius 3 is 2.44 bits per heavy atom. The van der Waals surface area contributed by atoms with Crippen LogP contribution in [-0.4, -0.2) is 31.1 Å². The lowest BCUT2D eigenvalue weighted by Crippen LogP contribution is -2.34. The number of nitrogens with one attached hydrogen (secondary N) is 3. The van der Waals surface area contributed by atoms with Gasteiger partial charge in [-0.2, -0.15) is 0 Å². The number of carbonyl (C=O) groups is 2. The zero-order valence-corrected chi connectivity index (χ0v) is 16.5. The number of hydrogen-bond acceptors (Lipinski definition) is 4. The highest BCUT2D eigenvalue weighted by atomic mass is 127. The van der Waals surface area contributed by atoms with Gasteiger partial charge in [-0.25, -0.2) is 0 Å². The Hall–Kier alpha value is -2.20. The van der Waals surface area contributed by atoms with Gasteiger partial charge in [0, 0.05) is 23.9 Å². The standard InChI is InChI=1S/C17H16IN3O3S/c1-19-15(22)10-4-3-5-12(8-10)20-17(25)21-16(23)11-6-7-14(24-2)13(18)9-11/h3-9H,1-2H3,(H,19,22)(H2,20,21,23,25). The molecule has 0 aliphatic carbocycles. The molecule has 2 aromatic carbocycles. The molecule has 0 unspecified atom stereocenters. The fraction of sp³-hybridized carbons (Fsp3) is 0.118. The van der Waals surface area contributed by atoms with E-state index in [0.29, 0.717) is 22.6 Å². The summed E-state index contributed by atoms with van der Waals surface area (Å²) >= 11 is 7.25. The minimum Gasteiger partial charge on any atom is -0.496 e. The summed E-state index contributed by atoms with van der Waals surface area (Å²) in [6, 6.07) is 11.9. The van der Waals surface area contributed by atoms with E-state index in [4.69, 9.17) is 17.0 Å². The predicted octanol–water partition coefficient (Wildman–Crippen LogP) is 2.79. The van der Waals surface area contributed by atoms with Gasteiger partial charge in [0.05, 0.1) is 10.7 Å². The Kier molecular flexibility index (Phi) is 6.71. The van der Waals surface area contributed by atoms with E-state index in [1.54, 1.807) is 56.6 Å². The van der Waals surface area contributed by atoms with E-state index in [-0.39, 0.29) is 16.9 Å². The molecule has 0 heterocycles. The summed E-state index contributed by atoms with van der Waals surface area (Å²) < 4.78 is 5.99. The molecular formula is C17H16IN3O3S. The second kappa shape index (κ2) is 8.77. The van der Waals surface area contributed by atoms with Crippen LogP contribution >= 0.6 is 34.8 Å². The van der Waals surface area contributed by atoms with E-state index < -0.39 is 0 Å². The van der Waals surface area contributed by atoms with Crippen molar-refractivity contribution in [3.05, 3.63) is 57.2 Å². The number of halogens is 1. The van der Waals surface area contributed by atoms with Crippen LogP contribution in [0.3, 0.4) is 0 Å². The van der Waals surface area contributed by atoms with Crippen LogP contribution < -0.4 is 20.7 Å².